The summed E-state index contributed by atoms with van der Waals surface area (Å²) in [5, 5.41) is 15.0. The van der Waals surface area contributed by atoms with Gasteiger partial charge in [-0.1, -0.05) is 41.0 Å². The van der Waals surface area contributed by atoms with Gasteiger partial charge in [-0.2, -0.15) is 5.10 Å². The Labute approximate surface area is 215 Å². The van der Waals surface area contributed by atoms with Crippen LogP contribution in [-0.2, 0) is 9.84 Å². The SMILES string of the molecule is Cc1nnc(NC(=O)c2cc(-c3ccc(-c4cccc(S(C)(=O)=O)c4)s3)n(-c3ccccc3Cl)n2)o1. The first-order chi connectivity index (χ1) is 17.2. The summed E-state index contributed by atoms with van der Waals surface area (Å²) >= 11 is 7.89. The molecule has 0 spiro atoms. The molecule has 1 amide bonds. The molecule has 1 N–H and O–H groups in total. The van der Waals surface area contributed by atoms with Gasteiger partial charge in [0, 0.05) is 18.1 Å². The highest BCUT2D eigenvalue weighted by atomic mass is 35.5. The predicted molar refractivity (Wildman–Crippen MR) is 137 cm³/mol. The third kappa shape index (κ3) is 4.81. The smallest absolute Gasteiger partial charge is 0.322 e. The van der Waals surface area contributed by atoms with Gasteiger partial charge in [-0.05, 0) is 48.0 Å². The van der Waals surface area contributed by atoms with Crippen LogP contribution in [0.25, 0.3) is 26.7 Å². The molecule has 12 heteroatoms. The molecule has 0 atom stereocenters. The topological polar surface area (TPSA) is 120 Å². The van der Waals surface area contributed by atoms with E-state index in [9.17, 15) is 13.2 Å². The second-order valence-corrected chi connectivity index (χ2v) is 11.3. The number of hydrogen-bond acceptors (Lipinski definition) is 8. The number of sulfone groups is 1. The zero-order chi connectivity index (χ0) is 25.4. The Kier molecular flexibility index (Phi) is 6.20. The van der Waals surface area contributed by atoms with Gasteiger partial charge in [0.15, 0.2) is 15.5 Å². The van der Waals surface area contributed by atoms with Gasteiger partial charge >= 0.3 is 6.01 Å². The van der Waals surface area contributed by atoms with E-state index in [1.165, 1.54) is 17.6 Å². The average molecular weight is 540 g/mol. The van der Waals surface area contributed by atoms with Crippen molar-refractivity contribution in [2.24, 2.45) is 0 Å². The Bertz CT molecular complexity index is 1700. The average Bonchev–Trinajstić information content (AvgIpc) is 3.58. The highest BCUT2D eigenvalue weighted by molar-refractivity contribution is 7.90. The van der Waals surface area contributed by atoms with Crippen LogP contribution in [0.5, 0.6) is 0 Å². The summed E-state index contributed by atoms with van der Waals surface area (Å²) in [6.45, 7) is 1.62. The largest absolute Gasteiger partial charge is 0.408 e. The third-order valence-electron chi connectivity index (χ3n) is 5.17. The van der Waals surface area contributed by atoms with Crippen LogP contribution in [0.3, 0.4) is 0 Å². The fourth-order valence-corrected chi connectivity index (χ4v) is 5.38. The number of carbonyl (C=O) groups excluding carboxylic acids is 1. The lowest BCUT2D eigenvalue weighted by Crippen LogP contribution is -2.13. The fraction of sp³-hybridized carbons (Fsp3) is 0.0833. The number of amides is 1. The minimum absolute atomic E-state index is 0.0319. The lowest BCUT2D eigenvalue weighted by molar-refractivity contribution is 0.101. The number of thiophene rings is 1. The minimum atomic E-state index is -3.34. The number of nitrogens with one attached hydrogen (secondary N) is 1. The normalized spacial score (nSPS) is 11.5. The molecule has 0 bridgehead atoms. The molecule has 182 valence electrons. The van der Waals surface area contributed by atoms with E-state index in [1.807, 2.05) is 24.3 Å². The van der Waals surface area contributed by atoms with Crippen LogP contribution in [0.15, 0.2) is 76.0 Å². The van der Waals surface area contributed by atoms with Gasteiger partial charge in [0.1, 0.15) is 0 Å². The molecule has 0 radical (unpaired) electrons. The first-order valence-electron chi connectivity index (χ1n) is 10.6. The number of aryl methyl sites for hydroxylation is 1. The number of halogens is 1. The van der Waals surface area contributed by atoms with Crippen molar-refractivity contribution in [1.29, 1.82) is 0 Å². The van der Waals surface area contributed by atoms with Crippen LogP contribution < -0.4 is 5.32 Å². The molecule has 2 aromatic carbocycles. The minimum Gasteiger partial charge on any atom is -0.408 e. The molecule has 3 aromatic heterocycles. The van der Waals surface area contributed by atoms with Crippen LogP contribution in [-0.4, -0.2) is 40.6 Å². The summed E-state index contributed by atoms with van der Waals surface area (Å²) in [6.07, 6.45) is 1.18. The van der Waals surface area contributed by atoms with E-state index in [1.54, 1.807) is 54.1 Å². The van der Waals surface area contributed by atoms with E-state index >= 15 is 0 Å². The van der Waals surface area contributed by atoms with Gasteiger partial charge in [-0.15, -0.1) is 16.4 Å². The number of hydrogen-bond donors (Lipinski definition) is 1. The maximum Gasteiger partial charge on any atom is 0.322 e. The predicted octanol–water partition coefficient (Wildman–Crippen LogP) is 5.27. The highest BCUT2D eigenvalue weighted by Crippen LogP contribution is 2.37. The summed E-state index contributed by atoms with van der Waals surface area (Å²) in [5.41, 5.74) is 2.11. The molecule has 5 rings (SSSR count). The van der Waals surface area contributed by atoms with Crippen molar-refractivity contribution < 1.29 is 17.6 Å². The Morgan fingerprint density at radius 1 is 1.03 bits per heavy atom. The van der Waals surface area contributed by atoms with Crippen LogP contribution >= 0.6 is 22.9 Å². The summed E-state index contributed by atoms with van der Waals surface area (Å²) < 4.78 is 30.8. The van der Waals surface area contributed by atoms with Crippen molar-refractivity contribution in [2.75, 3.05) is 11.6 Å². The van der Waals surface area contributed by atoms with Crippen molar-refractivity contribution >= 4 is 44.7 Å². The first-order valence-corrected chi connectivity index (χ1v) is 13.6. The monoisotopic (exact) mass is 539 g/mol. The number of benzene rings is 2. The van der Waals surface area contributed by atoms with Gasteiger partial charge < -0.3 is 4.42 Å². The second-order valence-electron chi connectivity index (χ2n) is 7.82. The number of anilines is 1. The van der Waals surface area contributed by atoms with Crippen molar-refractivity contribution in [1.82, 2.24) is 20.0 Å². The molecule has 0 aliphatic rings. The van der Waals surface area contributed by atoms with Crippen LogP contribution in [0.4, 0.5) is 6.01 Å². The van der Waals surface area contributed by atoms with Gasteiger partial charge in [0.25, 0.3) is 5.91 Å². The molecule has 0 aliphatic carbocycles. The third-order valence-corrected chi connectivity index (χ3v) is 7.76. The first kappa shape index (κ1) is 23.9. The Morgan fingerprint density at radius 3 is 2.53 bits per heavy atom. The molecule has 0 aliphatic heterocycles. The number of para-hydroxylation sites is 1. The lowest BCUT2D eigenvalue weighted by atomic mass is 10.2. The Balaban J connectivity index is 1.57. The molecule has 0 saturated carbocycles. The van der Waals surface area contributed by atoms with Gasteiger partial charge in [0.2, 0.25) is 5.89 Å². The van der Waals surface area contributed by atoms with Gasteiger partial charge in [-0.25, -0.2) is 13.1 Å². The molecule has 0 fully saturated rings. The summed E-state index contributed by atoms with van der Waals surface area (Å²) in [4.78, 5) is 14.8. The summed E-state index contributed by atoms with van der Waals surface area (Å²) in [6, 6.07) is 19.3. The van der Waals surface area contributed by atoms with E-state index in [2.05, 4.69) is 20.6 Å². The summed E-state index contributed by atoms with van der Waals surface area (Å²) in [5.74, 6) is -0.207. The molecule has 0 unspecified atom stereocenters. The molecule has 5 aromatic rings. The van der Waals surface area contributed by atoms with Crippen molar-refractivity contribution in [3.05, 3.63) is 83.3 Å². The zero-order valence-corrected chi connectivity index (χ0v) is 21.4. The Morgan fingerprint density at radius 2 is 1.81 bits per heavy atom. The van der Waals surface area contributed by atoms with Crippen LogP contribution in [0.1, 0.15) is 16.4 Å². The van der Waals surface area contributed by atoms with Crippen molar-refractivity contribution in [2.45, 2.75) is 11.8 Å². The number of carbonyl (C=O) groups is 1. The summed E-state index contributed by atoms with van der Waals surface area (Å²) in [7, 11) is -3.34. The van der Waals surface area contributed by atoms with Gasteiger partial charge in [-0.3, -0.25) is 10.1 Å². The van der Waals surface area contributed by atoms with Crippen LogP contribution in [0, 0.1) is 6.92 Å². The Hall–Kier alpha value is -3.80. The van der Waals surface area contributed by atoms with E-state index in [0.717, 1.165) is 15.3 Å². The highest BCUT2D eigenvalue weighted by Gasteiger charge is 2.21. The molecule has 9 nitrogen and oxygen atoms in total. The standard InChI is InChI=1S/C24H18ClN5O4S2/c1-14-27-28-24(34-14)26-23(31)18-13-20(30(29-18)19-9-4-3-8-17(19)25)22-11-10-21(35-22)15-6-5-7-16(12-15)36(2,32)33/h3-13H,1-2H3,(H,26,28,31). The number of rotatable bonds is 6. The molecule has 36 heavy (non-hydrogen) atoms. The number of aromatic nitrogens is 4. The van der Waals surface area contributed by atoms with E-state index in [4.69, 9.17) is 16.0 Å². The lowest BCUT2D eigenvalue weighted by Gasteiger charge is -2.08. The molecule has 0 saturated heterocycles. The van der Waals surface area contributed by atoms with E-state index in [-0.39, 0.29) is 16.6 Å². The van der Waals surface area contributed by atoms with Crippen molar-refractivity contribution in [3.63, 3.8) is 0 Å². The fourth-order valence-electron chi connectivity index (χ4n) is 3.49. The molecule has 3 heterocycles. The molecular formula is C24H18ClN5O4S2. The number of nitrogens with zero attached hydrogens (tertiary/aromatic N) is 4. The van der Waals surface area contributed by atoms with Crippen LogP contribution in [0.2, 0.25) is 5.02 Å². The zero-order valence-electron chi connectivity index (χ0n) is 19.0. The maximum absolute atomic E-state index is 12.9. The van der Waals surface area contributed by atoms with Crippen molar-refractivity contribution in [3.8, 4) is 26.7 Å². The van der Waals surface area contributed by atoms with E-state index in [0.29, 0.717) is 22.3 Å². The quantitative estimate of drug-likeness (QED) is 0.312. The maximum atomic E-state index is 12.9. The second kappa shape index (κ2) is 9.34. The van der Waals surface area contributed by atoms with E-state index < -0.39 is 15.7 Å². The molecular weight excluding hydrogens is 522 g/mol. The van der Waals surface area contributed by atoms with Gasteiger partial charge in [0.05, 0.1) is 26.2 Å².